The standard InChI is InChI=1S/C13H9ClN2/c1-8-15-12-7-10-5-3-2-4-9(10)6-11(12)13(14)16-8/h2-7H,1H3. The highest BCUT2D eigenvalue weighted by Crippen LogP contribution is 2.25. The van der Waals surface area contributed by atoms with Crippen LogP contribution >= 0.6 is 11.6 Å². The fraction of sp³-hybridized carbons (Fsp3) is 0.0769. The number of aryl methyl sites for hydroxylation is 1. The first-order valence-corrected chi connectivity index (χ1v) is 5.44. The van der Waals surface area contributed by atoms with Crippen LogP contribution in [-0.4, -0.2) is 9.97 Å². The number of nitrogens with zero attached hydrogens (tertiary/aromatic N) is 2. The number of aromatic nitrogens is 2. The summed E-state index contributed by atoms with van der Waals surface area (Å²) in [6.45, 7) is 1.85. The van der Waals surface area contributed by atoms with Crippen LogP contribution in [-0.2, 0) is 0 Å². The van der Waals surface area contributed by atoms with Gasteiger partial charge < -0.3 is 0 Å². The number of rotatable bonds is 0. The molecule has 0 unspecified atom stereocenters. The Balaban J connectivity index is 2.51. The zero-order valence-electron chi connectivity index (χ0n) is 8.74. The van der Waals surface area contributed by atoms with Crippen LogP contribution in [0.5, 0.6) is 0 Å². The van der Waals surface area contributed by atoms with E-state index in [-0.39, 0.29) is 0 Å². The van der Waals surface area contributed by atoms with Crippen molar-refractivity contribution in [1.29, 1.82) is 0 Å². The van der Waals surface area contributed by atoms with Crippen molar-refractivity contribution in [3.63, 3.8) is 0 Å². The van der Waals surface area contributed by atoms with Gasteiger partial charge in [0.05, 0.1) is 5.52 Å². The number of fused-ring (bicyclic) bond motifs is 2. The highest BCUT2D eigenvalue weighted by molar-refractivity contribution is 6.34. The molecule has 0 saturated carbocycles. The summed E-state index contributed by atoms with van der Waals surface area (Å²) in [4.78, 5) is 8.55. The van der Waals surface area contributed by atoms with E-state index in [1.165, 1.54) is 5.39 Å². The molecule has 0 atom stereocenters. The summed E-state index contributed by atoms with van der Waals surface area (Å²) >= 11 is 6.11. The minimum atomic E-state index is 0.522. The van der Waals surface area contributed by atoms with Crippen LogP contribution < -0.4 is 0 Å². The molecule has 0 aliphatic rings. The predicted molar refractivity (Wildman–Crippen MR) is 66.8 cm³/mol. The summed E-state index contributed by atoms with van der Waals surface area (Å²) < 4.78 is 0. The van der Waals surface area contributed by atoms with Crippen LogP contribution in [0.25, 0.3) is 21.7 Å². The van der Waals surface area contributed by atoms with Gasteiger partial charge in [-0.2, -0.15) is 0 Å². The minimum absolute atomic E-state index is 0.522. The first-order valence-electron chi connectivity index (χ1n) is 5.07. The second-order valence-corrected chi connectivity index (χ2v) is 4.14. The maximum absolute atomic E-state index is 6.11. The molecular weight excluding hydrogens is 220 g/mol. The quantitative estimate of drug-likeness (QED) is 0.433. The van der Waals surface area contributed by atoms with E-state index in [4.69, 9.17) is 11.6 Å². The first-order chi connectivity index (χ1) is 7.74. The van der Waals surface area contributed by atoms with Crippen molar-refractivity contribution in [3.8, 4) is 0 Å². The molecule has 3 aromatic rings. The first kappa shape index (κ1) is 9.55. The summed E-state index contributed by atoms with van der Waals surface area (Å²) in [6, 6.07) is 12.2. The van der Waals surface area contributed by atoms with Gasteiger partial charge in [-0.15, -0.1) is 0 Å². The number of hydrogen-bond acceptors (Lipinski definition) is 2. The van der Waals surface area contributed by atoms with E-state index in [0.717, 1.165) is 16.3 Å². The Morgan fingerprint density at radius 3 is 2.44 bits per heavy atom. The normalized spacial score (nSPS) is 11.1. The Morgan fingerprint density at radius 2 is 1.69 bits per heavy atom. The lowest BCUT2D eigenvalue weighted by molar-refractivity contribution is 1.09. The van der Waals surface area contributed by atoms with Gasteiger partial charge in [-0.1, -0.05) is 35.9 Å². The highest BCUT2D eigenvalue weighted by atomic mass is 35.5. The third kappa shape index (κ3) is 1.42. The summed E-state index contributed by atoms with van der Waals surface area (Å²) in [7, 11) is 0. The molecule has 2 nitrogen and oxygen atoms in total. The maximum atomic E-state index is 6.11. The van der Waals surface area contributed by atoms with Gasteiger partial charge in [0.1, 0.15) is 11.0 Å². The molecule has 0 saturated heterocycles. The summed E-state index contributed by atoms with van der Waals surface area (Å²) in [5.74, 6) is 0.702. The van der Waals surface area contributed by atoms with E-state index in [0.29, 0.717) is 11.0 Å². The van der Waals surface area contributed by atoms with Crippen molar-refractivity contribution in [3.05, 3.63) is 47.4 Å². The second-order valence-electron chi connectivity index (χ2n) is 3.78. The van der Waals surface area contributed by atoms with Crippen LogP contribution in [0.2, 0.25) is 5.15 Å². The second kappa shape index (κ2) is 3.42. The lowest BCUT2D eigenvalue weighted by Crippen LogP contribution is -1.90. The van der Waals surface area contributed by atoms with Gasteiger partial charge in [0, 0.05) is 5.39 Å². The fourth-order valence-corrected chi connectivity index (χ4v) is 2.16. The van der Waals surface area contributed by atoms with E-state index in [9.17, 15) is 0 Å². The number of hydrogen-bond donors (Lipinski definition) is 0. The molecule has 0 bridgehead atoms. The smallest absolute Gasteiger partial charge is 0.140 e. The molecule has 78 valence electrons. The lowest BCUT2D eigenvalue weighted by Gasteiger charge is -2.03. The molecule has 0 fully saturated rings. The van der Waals surface area contributed by atoms with E-state index in [1.807, 2.05) is 31.2 Å². The molecule has 0 amide bonds. The van der Waals surface area contributed by atoms with Crippen molar-refractivity contribution in [2.45, 2.75) is 6.92 Å². The van der Waals surface area contributed by atoms with Gasteiger partial charge in [0.2, 0.25) is 0 Å². The van der Waals surface area contributed by atoms with Crippen molar-refractivity contribution in [1.82, 2.24) is 9.97 Å². The largest absolute Gasteiger partial charge is 0.233 e. The van der Waals surface area contributed by atoms with Gasteiger partial charge in [-0.05, 0) is 29.8 Å². The van der Waals surface area contributed by atoms with Crippen molar-refractivity contribution in [2.75, 3.05) is 0 Å². The molecule has 3 rings (SSSR count). The Labute approximate surface area is 97.9 Å². The molecule has 0 spiro atoms. The molecule has 1 heterocycles. The highest BCUT2D eigenvalue weighted by Gasteiger charge is 2.04. The van der Waals surface area contributed by atoms with Gasteiger partial charge in [0.15, 0.2) is 0 Å². The van der Waals surface area contributed by atoms with Gasteiger partial charge in [0.25, 0.3) is 0 Å². The number of benzene rings is 2. The third-order valence-corrected chi connectivity index (χ3v) is 2.92. The van der Waals surface area contributed by atoms with Gasteiger partial charge in [-0.25, -0.2) is 9.97 Å². The average molecular weight is 229 g/mol. The summed E-state index contributed by atoms with van der Waals surface area (Å²) in [6.07, 6.45) is 0. The monoisotopic (exact) mass is 228 g/mol. The van der Waals surface area contributed by atoms with Crippen LogP contribution in [0, 0.1) is 6.92 Å². The van der Waals surface area contributed by atoms with Crippen LogP contribution in [0.1, 0.15) is 5.82 Å². The van der Waals surface area contributed by atoms with E-state index in [1.54, 1.807) is 0 Å². The Kier molecular flexibility index (Phi) is 2.04. The topological polar surface area (TPSA) is 25.8 Å². The van der Waals surface area contributed by atoms with Gasteiger partial charge in [-0.3, -0.25) is 0 Å². The van der Waals surface area contributed by atoms with Crippen LogP contribution in [0.4, 0.5) is 0 Å². The Bertz CT molecular complexity index is 692. The third-order valence-electron chi connectivity index (χ3n) is 2.63. The molecule has 1 aromatic heterocycles. The Hall–Kier alpha value is -1.67. The maximum Gasteiger partial charge on any atom is 0.140 e. The zero-order valence-corrected chi connectivity index (χ0v) is 9.49. The van der Waals surface area contributed by atoms with Crippen molar-refractivity contribution < 1.29 is 0 Å². The van der Waals surface area contributed by atoms with E-state index >= 15 is 0 Å². The van der Waals surface area contributed by atoms with E-state index < -0.39 is 0 Å². The van der Waals surface area contributed by atoms with Crippen molar-refractivity contribution >= 4 is 33.3 Å². The summed E-state index contributed by atoms with van der Waals surface area (Å²) in [5.41, 5.74) is 0.899. The molecule has 0 N–H and O–H groups in total. The molecular formula is C13H9ClN2. The molecule has 16 heavy (non-hydrogen) atoms. The minimum Gasteiger partial charge on any atom is -0.233 e. The SMILES string of the molecule is Cc1nc(Cl)c2cc3ccccc3cc2n1. The fourth-order valence-electron chi connectivity index (χ4n) is 1.89. The summed E-state index contributed by atoms with van der Waals surface area (Å²) in [5, 5.41) is 3.76. The molecule has 0 radical (unpaired) electrons. The van der Waals surface area contributed by atoms with Crippen LogP contribution in [0.3, 0.4) is 0 Å². The molecule has 0 aliphatic carbocycles. The predicted octanol–water partition coefficient (Wildman–Crippen LogP) is 3.74. The van der Waals surface area contributed by atoms with Gasteiger partial charge >= 0.3 is 0 Å². The zero-order chi connectivity index (χ0) is 11.1. The van der Waals surface area contributed by atoms with Crippen molar-refractivity contribution in [2.24, 2.45) is 0 Å². The lowest BCUT2D eigenvalue weighted by atomic mass is 10.1. The molecule has 2 aromatic carbocycles. The molecule has 0 aliphatic heterocycles. The van der Waals surface area contributed by atoms with E-state index in [2.05, 4.69) is 22.1 Å². The average Bonchev–Trinajstić information content (AvgIpc) is 2.27. The van der Waals surface area contributed by atoms with Crippen LogP contribution in [0.15, 0.2) is 36.4 Å². The Morgan fingerprint density at radius 1 is 1.00 bits per heavy atom. The molecule has 3 heteroatoms. The number of halogens is 1.